The largest absolute Gasteiger partial charge is 0.370 e. The molecule has 0 amide bonds. The van der Waals surface area contributed by atoms with E-state index in [0.29, 0.717) is 0 Å². The fourth-order valence-electron chi connectivity index (χ4n) is 1.07. The first-order valence-electron chi connectivity index (χ1n) is 4.42. The summed E-state index contributed by atoms with van der Waals surface area (Å²) >= 11 is 0. The van der Waals surface area contributed by atoms with Crippen LogP contribution < -0.4 is 21.6 Å². The van der Waals surface area contributed by atoms with Crippen molar-refractivity contribution in [1.82, 2.24) is 0 Å². The molecule has 20 heavy (non-hydrogen) atoms. The number of rotatable bonds is 4. The number of hydrogen-bond donors (Lipinski definition) is 4. The van der Waals surface area contributed by atoms with Crippen molar-refractivity contribution < 1.29 is 35.4 Å². The third-order valence-electron chi connectivity index (χ3n) is 1.73. The van der Waals surface area contributed by atoms with Crippen LogP contribution in [0.1, 0.15) is 0 Å². The van der Waals surface area contributed by atoms with Crippen LogP contribution in [-0.4, -0.2) is 0 Å². The van der Waals surface area contributed by atoms with Crippen molar-refractivity contribution in [3.8, 4) is 0 Å². The predicted molar refractivity (Wildman–Crippen MR) is 58.7 cm³/mol. The summed E-state index contributed by atoms with van der Waals surface area (Å²) in [5, 5.41) is 1.20. The normalized spacial score (nSPS) is 15.0. The first-order chi connectivity index (χ1) is 8.86. The van der Waals surface area contributed by atoms with E-state index in [4.69, 9.17) is 5.50 Å². The summed E-state index contributed by atoms with van der Waals surface area (Å²) in [5.41, 5.74) is 12.4. The lowest BCUT2D eigenvalue weighted by Crippen LogP contribution is -2.17. The standard InChI is InChI=1S/C6H7F5N4O3P2/c7-1-2(8)4(10)6(5(11)3(1)9)15-20(14,17)18-19(12,13)16/h(H4,12,13,16)(H3,14,15,17). The summed E-state index contributed by atoms with van der Waals surface area (Å²) in [6, 6.07) is 0. The van der Waals surface area contributed by atoms with Gasteiger partial charge in [-0.05, 0) is 0 Å². The zero-order chi connectivity index (χ0) is 15.9. The Hall–Kier alpha value is -1.03. The lowest BCUT2D eigenvalue weighted by atomic mass is 10.2. The molecule has 1 rings (SSSR count). The van der Waals surface area contributed by atoms with Gasteiger partial charge >= 0.3 is 15.3 Å². The second-order valence-corrected chi connectivity index (χ2v) is 6.74. The number of anilines is 1. The lowest BCUT2D eigenvalue weighted by molar-refractivity contribution is 0.381. The van der Waals surface area contributed by atoms with Crippen LogP contribution in [0, 0.1) is 29.1 Å². The van der Waals surface area contributed by atoms with Gasteiger partial charge in [0.05, 0.1) is 0 Å². The number of halogens is 5. The number of hydrogen-bond acceptors (Lipinski definition) is 3. The van der Waals surface area contributed by atoms with Crippen molar-refractivity contribution in [2.75, 3.05) is 5.09 Å². The van der Waals surface area contributed by atoms with Crippen molar-refractivity contribution in [1.29, 1.82) is 0 Å². The molecule has 114 valence electrons. The smallest absolute Gasteiger partial charge is 0.298 e. The highest BCUT2D eigenvalue weighted by molar-refractivity contribution is 7.69. The molecule has 1 aromatic carbocycles. The van der Waals surface area contributed by atoms with E-state index in [-0.39, 0.29) is 0 Å². The Kier molecular flexibility index (Phi) is 4.59. The van der Waals surface area contributed by atoms with E-state index in [1.165, 1.54) is 5.09 Å². The zero-order valence-corrected chi connectivity index (χ0v) is 11.0. The topological polar surface area (TPSA) is 133 Å². The first-order valence-corrected chi connectivity index (χ1v) is 7.88. The fourth-order valence-corrected chi connectivity index (χ4v) is 3.26. The van der Waals surface area contributed by atoms with E-state index in [1.54, 1.807) is 0 Å². The van der Waals surface area contributed by atoms with Crippen molar-refractivity contribution in [3.05, 3.63) is 29.1 Å². The zero-order valence-electron chi connectivity index (χ0n) is 9.24. The van der Waals surface area contributed by atoms with Gasteiger partial charge in [-0.25, -0.2) is 47.3 Å². The average molecular weight is 340 g/mol. The quantitative estimate of drug-likeness (QED) is 0.285. The summed E-state index contributed by atoms with van der Waals surface area (Å²) in [5.74, 6) is -11.7. The number of nitrogens with two attached hydrogens (primary N) is 3. The molecule has 7 N–H and O–H groups in total. The molecular weight excluding hydrogens is 333 g/mol. The third kappa shape index (κ3) is 3.75. The van der Waals surface area contributed by atoms with Crippen LogP contribution in [0.5, 0.6) is 0 Å². The second-order valence-electron chi connectivity index (χ2n) is 3.38. The molecule has 0 radical (unpaired) electrons. The van der Waals surface area contributed by atoms with Crippen LogP contribution in [0.4, 0.5) is 27.6 Å². The Bertz CT molecular complexity index is 621. The molecule has 0 fully saturated rings. The van der Waals surface area contributed by atoms with Gasteiger partial charge in [0.1, 0.15) is 5.69 Å². The number of nitrogens with one attached hydrogen (secondary N) is 1. The molecule has 1 unspecified atom stereocenters. The Balaban J connectivity index is 3.30. The van der Waals surface area contributed by atoms with Gasteiger partial charge in [0.15, 0.2) is 23.3 Å². The maximum Gasteiger partial charge on any atom is 0.370 e. The molecule has 0 saturated heterocycles. The van der Waals surface area contributed by atoms with Crippen molar-refractivity contribution >= 4 is 21.0 Å². The van der Waals surface area contributed by atoms with E-state index in [1.807, 2.05) is 0 Å². The summed E-state index contributed by atoms with van der Waals surface area (Å²) in [6.07, 6.45) is 0. The summed E-state index contributed by atoms with van der Waals surface area (Å²) < 4.78 is 91.0. The Morgan fingerprint density at radius 1 is 0.800 bits per heavy atom. The van der Waals surface area contributed by atoms with Crippen LogP contribution in [0.3, 0.4) is 0 Å². The van der Waals surface area contributed by atoms with Gasteiger partial charge < -0.3 is 0 Å². The molecule has 14 heteroatoms. The van der Waals surface area contributed by atoms with E-state index >= 15 is 0 Å². The maximum atomic E-state index is 13.2. The molecule has 0 saturated carbocycles. The second kappa shape index (κ2) is 5.40. The minimum Gasteiger partial charge on any atom is -0.298 e. The minimum atomic E-state index is -4.84. The molecule has 1 aromatic rings. The highest BCUT2D eigenvalue weighted by Gasteiger charge is 2.32. The van der Waals surface area contributed by atoms with Crippen LogP contribution in [0.25, 0.3) is 0 Å². The molecule has 0 aliphatic carbocycles. The highest BCUT2D eigenvalue weighted by Crippen LogP contribution is 2.51. The van der Waals surface area contributed by atoms with Crippen LogP contribution >= 0.6 is 15.3 Å². The van der Waals surface area contributed by atoms with E-state index in [0.717, 1.165) is 0 Å². The fraction of sp³-hybridized carbons (Fsp3) is 0. The molecule has 0 aliphatic rings. The molecule has 1 atom stereocenters. The monoisotopic (exact) mass is 340 g/mol. The summed E-state index contributed by atoms with van der Waals surface area (Å²) in [4.78, 5) is 0. The van der Waals surface area contributed by atoms with Gasteiger partial charge in [-0.2, -0.15) is 0 Å². The SMILES string of the molecule is NP(N)(=O)OP(N)(=O)Nc1c(F)c(F)c(F)c(F)c1F. The lowest BCUT2D eigenvalue weighted by Gasteiger charge is -2.18. The van der Waals surface area contributed by atoms with E-state index < -0.39 is 50.1 Å². The van der Waals surface area contributed by atoms with E-state index in [9.17, 15) is 31.1 Å². The minimum absolute atomic E-state index is 1.20. The Labute approximate surface area is 108 Å². The molecular formula is C6H7F5N4O3P2. The van der Waals surface area contributed by atoms with Gasteiger partial charge in [-0.3, -0.25) is 9.65 Å². The Morgan fingerprint density at radius 3 is 1.50 bits per heavy atom. The van der Waals surface area contributed by atoms with Gasteiger partial charge in [0.25, 0.3) is 0 Å². The maximum absolute atomic E-state index is 13.2. The molecule has 0 bridgehead atoms. The number of benzene rings is 1. The van der Waals surface area contributed by atoms with Crippen molar-refractivity contribution in [2.24, 2.45) is 16.5 Å². The van der Waals surface area contributed by atoms with Crippen molar-refractivity contribution in [3.63, 3.8) is 0 Å². The van der Waals surface area contributed by atoms with E-state index in [2.05, 4.69) is 15.3 Å². The van der Waals surface area contributed by atoms with Gasteiger partial charge in [-0.15, -0.1) is 0 Å². The van der Waals surface area contributed by atoms with Gasteiger partial charge in [0.2, 0.25) is 5.82 Å². The molecule has 0 heterocycles. The van der Waals surface area contributed by atoms with Crippen LogP contribution in [-0.2, 0) is 13.4 Å². The van der Waals surface area contributed by atoms with Crippen LogP contribution in [0.2, 0.25) is 0 Å². The van der Waals surface area contributed by atoms with Crippen LogP contribution in [0.15, 0.2) is 0 Å². The summed E-state index contributed by atoms with van der Waals surface area (Å²) in [6.45, 7) is 0. The molecule has 0 aromatic heterocycles. The predicted octanol–water partition coefficient (Wildman–Crippen LogP) is 1.90. The first kappa shape index (κ1) is 17.0. The van der Waals surface area contributed by atoms with Gasteiger partial charge in [-0.1, -0.05) is 0 Å². The third-order valence-corrected chi connectivity index (χ3v) is 4.25. The average Bonchev–Trinajstić information content (AvgIpc) is 2.26. The molecule has 7 nitrogen and oxygen atoms in total. The van der Waals surface area contributed by atoms with Crippen molar-refractivity contribution in [2.45, 2.75) is 0 Å². The Morgan fingerprint density at radius 2 is 1.15 bits per heavy atom. The van der Waals surface area contributed by atoms with Gasteiger partial charge in [0, 0.05) is 0 Å². The molecule has 0 spiro atoms. The molecule has 0 aliphatic heterocycles. The highest BCUT2D eigenvalue weighted by atomic mass is 31.3. The summed E-state index contributed by atoms with van der Waals surface area (Å²) in [7, 11) is -9.29.